The number of aliphatic hydroxyl groups is 1. The molecule has 0 amide bonds. The van der Waals surface area contributed by atoms with Crippen LogP contribution in [0.4, 0.5) is 0 Å². The van der Waals surface area contributed by atoms with Crippen molar-refractivity contribution in [1.29, 1.82) is 0 Å². The Morgan fingerprint density at radius 2 is 1.85 bits per heavy atom. The highest BCUT2D eigenvalue weighted by Crippen LogP contribution is 2.28. The minimum Gasteiger partial charge on any atom is -0.389 e. The van der Waals surface area contributed by atoms with E-state index in [1.165, 1.54) is 18.4 Å². The molecule has 0 radical (unpaired) electrons. The first-order valence-electron chi connectivity index (χ1n) is 9.76. The number of aryl methyl sites for hydroxylation is 1. The van der Waals surface area contributed by atoms with E-state index in [2.05, 4.69) is 43.0 Å². The Kier molecular flexibility index (Phi) is 6.84. The van der Waals surface area contributed by atoms with Crippen LogP contribution in [0, 0.1) is 12.8 Å². The van der Waals surface area contributed by atoms with Crippen LogP contribution < -0.4 is 0 Å². The molecule has 1 fully saturated rings. The summed E-state index contributed by atoms with van der Waals surface area (Å²) in [5.41, 5.74) is 3.50. The minimum atomic E-state index is -0.462. The fourth-order valence-electron chi connectivity index (χ4n) is 3.88. The number of hydrogen-bond acceptors (Lipinski definition) is 3. The summed E-state index contributed by atoms with van der Waals surface area (Å²) in [6.07, 6.45) is 1.92. The second-order valence-corrected chi connectivity index (χ2v) is 7.64. The topological polar surface area (TPSA) is 32.7 Å². The number of piperidine rings is 1. The number of benzene rings is 2. The highest BCUT2D eigenvalue weighted by molar-refractivity contribution is 5.35. The summed E-state index contributed by atoms with van der Waals surface area (Å²) in [4.78, 5) is 2.37. The Hall–Kier alpha value is -1.68. The van der Waals surface area contributed by atoms with Gasteiger partial charge in [0, 0.05) is 13.1 Å². The van der Waals surface area contributed by atoms with Gasteiger partial charge in [0.2, 0.25) is 0 Å². The van der Waals surface area contributed by atoms with Gasteiger partial charge in [0.1, 0.15) is 6.10 Å². The number of aliphatic hydroxyl groups excluding tert-OH is 1. The monoisotopic (exact) mass is 353 g/mol. The van der Waals surface area contributed by atoms with Crippen molar-refractivity contribution in [3.05, 3.63) is 71.3 Å². The lowest BCUT2D eigenvalue weighted by Crippen LogP contribution is -2.41. The van der Waals surface area contributed by atoms with Crippen LogP contribution in [0.15, 0.2) is 54.6 Å². The molecule has 1 aliphatic heterocycles. The van der Waals surface area contributed by atoms with Crippen LogP contribution in [0.1, 0.15) is 42.6 Å². The smallest absolute Gasteiger partial charge is 0.108 e. The summed E-state index contributed by atoms with van der Waals surface area (Å²) in [6, 6.07) is 18.6. The lowest BCUT2D eigenvalue weighted by atomic mass is 9.97. The van der Waals surface area contributed by atoms with E-state index >= 15 is 0 Å². The fraction of sp³-hybridized carbons (Fsp3) is 0.478. The van der Waals surface area contributed by atoms with Crippen LogP contribution in [0.5, 0.6) is 0 Å². The molecule has 0 bridgehead atoms. The van der Waals surface area contributed by atoms with Crippen LogP contribution in [0.3, 0.4) is 0 Å². The van der Waals surface area contributed by atoms with E-state index in [0.29, 0.717) is 13.2 Å². The van der Waals surface area contributed by atoms with Crippen molar-refractivity contribution < 1.29 is 9.84 Å². The molecule has 1 N–H and O–H groups in total. The maximum absolute atomic E-state index is 10.5. The number of rotatable bonds is 7. The van der Waals surface area contributed by atoms with Gasteiger partial charge >= 0.3 is 0 Å². The number of ether oxygens (including phenoxy) is 1. The Labute approximate surface area is 157 Å². The van der Waals surface area contributed by atoms with Crippen molar-refractivity contribution in [2.75, 3.05) is 26.2 Å². The molecule has 0 spiro atoms. The molecule has 140 valence electrons. The Balaban J connectivity index is 1.65. The first kappa shape index (κ1) is 19.1. The van der Waals surface area contributed by atoms with E-state index in [1.807, 2.05) is 30.3 Å². The van der Waals surface area contributed by atoms with Crippen molar-refractivity contribution in [2.24, 2.45) is 5.92 Å². The van der Waals surface area contributed by atoms with Crippen LogP contribution >= 0.6 is 0 Å². The predicted octanol–water partition coefficient (Wildman–Crippen LogP) is 4.19. The van der Waals surface area contributed by atoms with Crippen molar-refractivity contribution in [3.8, 4) is 0 Å². The maximum Gasteiger partial charge on any atom is 0.108 e. The molecule has 1 aliphatic rings. The molecule has 0 aliphatic carbocycles. The molecule has 0 saturated carbocycles. The first-order chi connectivity index (χ1) is 12.6. The molecule has 3 atom stereocenters. The van der Waals surface area contributed by atoms with Crippen molar-refractivity contribution in [3.63, 3.8) is 0 Å². The van der Waals surface area contributed by atoms with Gasteiger partial charge in [-0.2, -0.15) is 0 Å². The highest BCUT2D eigenvalue weighted by atomic mass is 16.5. The van der Waals surface area contributed by atoms with Gasteiger partial charge in [-0.1, -0.05) is 61.5 Å². The first-order valence-corrected chi connectivity index (χ1v) is 9.76. The van der Waals surface area contributed by atoms with Gasteiger partial charge < -0.3 is 14.7 Å². The second-order valence-electron chi connectivity index (χ2n) is 7.64. The van der Waals surface area contributed by atoms with Crippen LogP contribution in [0.2, 0.25) is 0 Å². The Morgan fingerprint density at radius 1 is 1.12 bits per heavy atom. The minimum absolute atomic E-state index is 0.146. The third-order valence-electron chi connectivity index (χ3n) is 5.24. The molecule has 26 heavy (non-hydrogen) atoms. The number of likely N-dealkylation sites (tertiary alicyclic amines) is 1. The number of nitrogens with zero attached hydrogens (tertiary/aromatic N) is 1. The summed E-state index contributed by atoms with van der Waals surface area (Å²) in [6.45, 7) is 7.61. The van der Waals surface area contributed by atoms with Gasteiger partial charge in [0.15, 0.2) is 0 Å². The number of hydrogen-bond donors (Lipinski definition) is 1. The molecule has 3 nitrogen and oxygen atoms in total. The predicted molar refractivity (Wildman–Crippen MR) is 106 cm³/mol. The zero-order valence-electron chi connectivity index (χ0n) is 16.0. The van der Waals surface area contributed by atoms with E-state index in [-0.39, 0.29) is 6.10 Å². The summed E-state index contributed by atoms with van der Waals surface area (Å²) in [5, 5.41) is 10.5. The van der Waals surface area contributed by atoms with Crippen molar-refractivity contribution in [1.82, 2.24) is 4.90 Å². The van der Waals surface area contributed by atoms with Gasteiger partial charge in [0.25, 0.3) is 0 Å². The van der Waals surface area contributed by atoms with E-state index in [4.69, 9.17) is 4.74 Å². The molecular formula is C23H31NO2. The van der Waals surface area contributed by atoms with Crippen LogP contribution in [0.25, 0.3) is 0 Å². The third-order valence-corrected chi connectivity index (χ3v) is 5.24. The normalized spacial score (nSPS) is 20.7. The molecule has 1 saturated heterocycles. The fourth-order valence-corrected chi connectivity index (χ4v) is 3.88. The van der Waals surface area contributed by atoms with E-state index in [1.54, 1.807) is 0 Å². The van der Waals surface area contributed by atoms with E-state index in [9.17, 15) is 5.11 Å². The molecular weight excluding hydrogens is 322 g/mol. The average Bonchev–Trinajstić information content (AvgIpc) is 2.64. The quantitative estimate of drug-likeness (QED) is 0.810. The molecule has 3 rings (SSSR count). The van der Waals surface area contributed by atoms with E-state index in [0.717, 1.165) is 30.1 Å². The average molecular weight is 354 g/mol. The molecule has 0 aromatic heterocycles. The molecule has 2 aromatic carbocycles. The lowest BCUT2D eigenvalue weighted by Gasteiger charge is -2.32. The van der Waals surface area contributed by atoms with Gasteiger partial charge in [0.05, 0.1) is 12.7 Å². The van der Waals surface area contributed by atoms with Gasteiger partial charge in [-0.25, -0.2) is 0 Å². The zero-order valence-corrected chi connectivity index (χ0v) is 16.0. The molecule has 1 heterocycles. The Morgan fingerprint density at radius 3 is 2.58 bits per heavy atom. The van der Waals surface area contributed by atoms with Gasteiger partial charge in [-0.05, 0) is 48.9 Å². The Bertz CT molecular complexity index is 673. The van der Waals surface area contributed by atoms with E-state index < -0.39 is 6.10 Å². The highest BCUT2D eigenvalue weighted by Gasteiger charge is 2.21. The van der Waals surface area contributed by atoms with Crippen molar-refractivity contribution in [2.45, 2.75) is 38.9 Å². The zero-order chi connectivity index (χ0) is 18.4. The second kappa shape index (κ2) is 9.31. The summed E-state index contributed by atoms with van der Waals surface area (Å²) in [5.74, 6) is 0.723. The lowest BCUT2D eigenvalue weighted by molar-refractivity contribution is -0.0131. The standard InChI is InChI=1S/C23H31NO2/c1-18-9-8-14-24(15-18)16-21(25)17-26-23(20-11-4-3-5-12-20)22-13-7-6-10-19(22)2/h3-7,10-13,18,21,23,25H,8-9,14-17H2,1-2H3/t18-,21+,23-/m0/s1. The maximum atomic E-state index is 10.5. The van der Waals surface area contributed by atoms with Crippen LogP contribution in [-0.4, -0.2) is 42.4 Å². The SMILES string of the molecule is Cc1ccccc1[C@@H](OC[C@H](O)CN1CCC[C@H](C)C1)c1ccccc1. The molecule has 0 unspecified atom stereocenters. The third kappa shape index (κ3) is 5.16. The van der Waals surface area contributed by atoms with Crippen LogP contribution in [-0.2, 0) is 4.74 Å². The summed E-state index contributed by atoms with van der Waals surface area (Å²) in [7, 11) is 0. The summed E-state index contributed by atoms with van der Waals surface area (Å²) < 4.78 is 6.25. The largest absolute Gasteiger partial charge is 0.389 e. The van der Waals surface area contributed by atoms with Gasteiger partial charge in [-0.15, -0.1) is 0 Å². The van der Waals surface area contributed by atoms with Gasteiger partial charge in [-0.3, -0.25) is 0 Å². The molecule has 2 aromatic rings. The molecule has 3 heteroatoms. The summed E-state index contributed by atoms with van der Waals surface area (Å²) >= 11 is 0. The van der Waals surface area contributed by atoms with Crippen molar-refractivity contribution >= 4 is 0 Å². The number of β-amino-alcohol motifs (C(OH)–C–C–N with tert-alkyl or cyclic N) is 1.